The number of nitrogens with zero attached hydrogens (tertiary/aromatic N) is 1. The molecule has 0 saturated carbocycles. The lowest BCUT2D eigenvalue weighted by molar-refractivity contribution is 0.00329. The standard InChI is InChI=1S/C25H29NO2/c1-21(24-15-9-4-10-16-24)26(17-22-11-5-2-6-12-22)25(18-27)20-28-19-23-13-7-3-8-14-23/h2-16,21,25,27H,17-20H2,1H3/t21-,25-/m0/s1. The van der Waals surface area contributed by atoms with E-state index >= 15 is 0 Å². The lowest BCUT2D eigenvalue weighted by Crippen LogP contribution is -2.42. The Kier molecular flexibility index (Phi) is 7.80. The summed E-state index contributed by atoms with van der Waals surface area (Å²) >= 11 is 0. The molecule has 3 aromatic carbocycles. The van der Waals surface area contributed by atoms with Crippen LogP contribution in [0.1, 0.15) is 29.7 Å². The van der Waals surface area contributed by atoms with Crippen molar-refractivity contribution < 1.29 is 9.84 Å². The van der Waals surface area contributed by atoms with E-state index in [9.17, 15) is 5.11 Å². The lowest BCUT2D eigenvalue weighted by atomic mass is 10.0. The zero-order valence-corrected chi connectivity index (χ0v) is 16.4. The molecule has 0 bridgehead atoms. The lowest BCUT2D eigenvalue weighted by Gasteiger charge is -2.36. The SMILES string of the molecule is C[C@@H](c1ccccc1)N(Cc1ccccc1)[C@@H](CO)COCc1ccccc1. The number of hydrogen-bond acceptors (Lipinski definition) is 3. The van der Waals surface area contributed by atoms with Crippen molar-refractivity contribution in [3.63, 3.8) is 0 Å². The van der Waals surface area contributed by atoms with E-state index in [1.54, 1.807) is 0 Å². The van der Waals surface area contributed by atoms with Crippen LogP contribution in [0.25, 0.3) is 0 Å². The Labute approximate surface area is 168 Å². The minimum absolute atomic E-state index is 0.0544. The molecule has 146 valence electrons. The number of ether oxygens (including phenoxy) is 1. The van der Waals surface area contributed by atoms with E-state index < -0.39 is 0 Å². The zero-order valence-electron chi connectivity index (χ0n) is 16.4. The van der Waals surface area contributed by atoms with Crippen LogP contribution in [-0.2, 0) is 17.9 Å². The summed E-state index contributed by atoms with van der Waals surface area (Å²) in [5, 5.41) is 10.1. The van der Waals surface area contributed by atoms with Gasteiger partial charge in [0.2, 0.25) is 0 Å². The van der Waals surface area contributed by atoms with Crippen LogP contribution in [0.5, 0.6) is 0 Å². The van der Waals surface area contributed by atoms with E-state index in [2.05, 4.69) is 72.5 Å². The summed E-state index contributed by atoms with van der Waals surface area (Å²) in [6, 6.07) is 31.1. The molecular formula is C25H29NO2. The molecule has 3 nitrogen and oxygen atoms in total. The summed E-state index contributed by atoms with van der Waals surface area (Å²) in [5.41, 5.74) is 3.61. The van der Waals surface area contributed by atoms with Crippen molar-refractivity contribution in [2.24, 2.45) is 0 Å². The first kappa shape index (κ1) is 20.3. The highest BCUT2D eigenvalue weighted by atomic mass is 16.5. The van der Waals surface area contributed by atoms with Crippen LogP contribution in [0.2, 0.25) is 0 Å². The van der Waals surface area contributed by atoms with Crippen LogP contribution >= 0.6 is 0 Å². The fourth-order valence-corrected chi connectivity index (χ4v) is 3.44. The van der Waals surface area contributed by atoms with E-state index in [0.717, 1.165) is 12.1 Å². The highest BCUT2D eigenvalue weighted by molar-refractivity contribution is 5.20. The monoisotopic (exact) mass is 375 g/mol. The quantitative estimate of drug-likeness (QED) is 0.551. The number of rotatable bonds is 10. The van der Waals surface area contributed by atoms with Crippen LogP contribution in [0.15, 0.2) is 91.0 Å². The third-order valence-electron chi connectivity index (χ3n) is 5.09. The molecule has 0 heterocycles. The third kappa shape index (κ3) is 5.77. The number of hydrogen-bond donors (Lipinski definition) is 1. The summed E-state index contributed by atoms with van der Waals surface area (Å²) in [6.45, 7) is 4.04. The first-order valence-electron chi connectivity index (χ1n) is 9.85. The summed E-state index contributed by atoms with van der Waals surface area (Å²) < 4.78 is 5.98. The number of benzene rings is 3. The van der Waals surface area contributed by atoms with Crippen molar-refractivity contribution in [3.05, 3.63) is 108 Å². The van der Waals surface area contributed by atoms with Gasteiger partial charge in [-0.2, -0.15) is 0 Å². The predicted octanol–water partition coefficient (Wildman–Crippen LogP) is 4.83. The average molecular weight is 376 g/mol. The Hall–Kier alpha value is -2.46. The summed E-state index contributed by atoms with van der Waals surface area (Å²) in [5.74, 6) is 0. The van der Waals surface area contributed by atoms with Crippen molar-refractivity contribution in [2.75, 3.05) is 13.2 Å². The molecule has 0 radical (unpaired) electrons. The van der Waals surface area contributed by atoms with Crippen molar-refractivity contribution in [1.82, 2.24) is 4.90 Å². The Morgan fingerprint density at radius 2 is 1.32 bits per heavy atom. The third-order valence-corrected chi connectivity index (χ3v) is 5.09. The minimum atomic E-state index is -0.0841. The van der Waals surface area contributed by atoms with Crippen molar-refractivity contribution >= 4 is 0 Å². The van der Waals surface area contributed by atoms with Crippen LogP contribution in [-0.4, -0.2) is 29.3 Å². The van der Waals surface area contributed by atoms with E-state index in [0.29, 0.717) is 13.2 Å². The maximum atomic E-state index is 10.1. The van der Waals surface area contributed by atoms with Gasteiger partial charge in [-0.25, -0.2) is 0 Å². The summed E-state index contributed by atoms with van der Waals surface area (Å²) in [7, 11) is 0. The van der Waals surface area contributed by atoms with Gasteiger partial charge < -0.3 is 9.84 Å². The molecular weight excluding hydrogens is 346 g/mol. The predicted molar refractivity (Wildman–Crippen MR) is 114 cm³/mol. The molecule has 0 aliphatic heterocycles. The van der Waals surface area contributed by atoms with Crippen molar-refractivity contribution in [2.45, 2.75) is 32.2 Å². The first-order valence-corrected chi connectivity index (χ1v) is 9.85. The van der Waals surface area contributed by atoms with Gasteiger partial charge in [-0.05, 0) is 23.6 Å². The van der Waals surface area contributed by atoms with Gasteiger partial charge in [-0.3, -0.25) is 4.90 Å². The molecule has 0 amide bonds. The molecule has 3 rings (SSSR count). The molecule has 0 spiro atoms. The van der Waals surface area contributed by atoms with Crippen LogP contribution in [0.3, 0.4) is 0 Å². The molecule has 3 aromatic rings. The maximum Gasteiger partial charge on any atom is 0.0717 e. The van der Waals surface area contributed by atoms with E-state index in [-0.39, 0.29) is 18.7 Å². The van der Waals surface area contributed by atoms with Gasteiger partial charge in [-0.1, -0.05) is 91.0 Å². The molecule has 0 aliphatic rings. The fourth-order valence-electron chi connectivity index (χ4n) is 3.44. The Morgan fingerprint density at radius 1 is 0.786 bits per heavy atom. The van der Waals surface area contributed by atoms with E-state index in [1.807, 2.05) is 30.3 Å². The zero-order chi connectivity index (χ0) is 19.6. The van der Waals surface area contributed by atoms with Gasteiger partial charge >= 0.3 is 0 Å². The average Bonchev–Trinajstić information content (AvgIpc) is 2.77. The van der Waals surface area contributed by atoms with Gasteiger partial charge in [0.15, 0.2) is 0 Å². The number of aliphatic hydroxyl groups excluding tert-OH is 1. The highest BCUT2D eigenvalue weighted by Crippen LogP contribution is 2.25. The Balaban J connectivity index is 1.73. The highest BCUT2D eigenvalue weighted by Gasteiger charge is 2.24. The molecule has 0 aliphatic carbocycles. The van der Waals surface area contributed by atoms with E-state index in [4.69, 9.17) is 4.74 Å². The molecule has 0 aromatic heterocycles. The van der Waals surface area contributed by atoms with E-state index in [1.165, 1.54) is 11.1 Å². The molecule has 28 heavy (non-hydrogen) atoms. The molecule has 0 fully saturated rings. The van der Waals surface area contributed by atoms with Crippen LogP contribution in [0.4, 0.5) is 0 Å². The molecule has 3 heteroatoms. The summed E-state index contributed by atoms with van der Waals surface area (Å²) in [4.78, 5) is 2.33. The Bertz CT molecular complexity index is 793. The summed E-state index contributed by atoms with van der Waals surface area (Å²) in [6.07, 6.45) is 0. The minimum Gasteiger partial charge on any atom is -0.395 e. The second kappa shape index (κ2) is 10.8. The second-order valence-corrected chi connectivity index (χ2v) is 7.08. The molecule has 2 atom stereocenters. The first-order chi connectivity index (χ1) is 13.8. The van der Waals surface area contributed by atoms with Crippen LogP contribution in [0, 0.1) is 0 Å². The van der Waals surface area contributed by atoms with Crippen molar-refractivity contribution in [1.29, 1.82) is 0 Å². The largest absolute Gasteiger partial charge is 0.395 e. The van der Waals surface area contributed by atoms with Gasteiger partial charge in [-0.15, -0.1) is 0 Å². The Morgan fingerprint density at radius 3 is 1.89 bits per heavy atom. The fraction of sp³-hybridized carbons (Fsp3) is 0.280. The number of aliphatic hydroxyl groups is 1. The topological polar surface area (TPSA) is 32.7 Å². The molecule has 0 unspecified atom stereocenters. The van der Waals surface area contributed by atoms with Crippen molar-refractivity contribution in [3.8, 4) is 0 Å². The van der Waals surface area contributed by atoms with Gasteiger partial charge in [0.05, 0.1) is 25.9 Å². The van der Waals surface area contributed by atoms with Gasteiger partial charge in [0.25, 0.3) is 0 Å². The molecule has 1 N–H and O–H groups in total. The maximum absolute atomic E-state index is 10.1. The van der Waals surface area contributed by atoms with Gasteiger partial charge in [0.1, 0.15) is 0 Å². The van der Waals surface area contributed by atoms with Crippen LogP contribution < -0.4 is 0 Å². The smallest absolute Gasteiger partial charge is 0.0717 e. The normalized spacial score (nSPS) is 13.4. The van der Waals surface area contributed by atoms with Gasteiger partial charge in [0, 0.05) is 12.6 Å². The molecule has 0 saturated heterocycles. The second-order valence-electron chi connectivity index (χ2n) is 7.08.